The van der Waals surface area contributed by atoms with E-state index in [0.29, 0.717) is 22.0 Å². The summed E-state index contributed by atoms with van der Waals surface area (Å²) >= 11 is 0. The summed E-state index contributed by atoms with van der Waals surface area (Å²) in [6, 6.07) is 8.65. The van der Waals surface area contributed by atoms with Crippen molar-refractivity contribution in [3.05, 3.63) is 64.5 Å². The molecule has 0 atom stereocenters. The number of nitrogens with one attached hydrogen (secondary N) is 2. The molecule has 148 valence electrons. The van der Waals surface area contributed by atoms with Gasteiger partial charge in [-0.3, -0.25) is 14.9 Å². The fraction of sp³-hybridized carbons (Fsp3) is 0.0500. The second kappa shape index (κ2) is 7.16. The van der Waals surface area contributed by atoms with Gasteiger partial charge in [-0.15, -0.1) is 12.4 Å². The van der Waals surface area contributed by atoms with Crippen molar-refractivity contribution >= 4 is 50.8 Å². The Morgan fingerprint density at radius 2 is 1.90 bits per heavy atom. The van der Waals surface area contributed by atoms with Gasteiger partial charge in [0.25, 0.3) is 5.56 Å². The van der Waals surface area contributed by atoms with Crippen LogP contribution in [0, 0.1) is 12.7 Å². The van der Waals surface area contributed by atoms with Crippen LogP contribution in [0.15, 0.2) is 47.5 Å². The minimum Gasteiger partial charge on any atom is -0.412 e. The number of aromatic nitrogens is 4. The van der Waals surface area contributed by atoms with Gasteiger partial charge < -0.3 is 16.2 Å². The van der Waals surface area contributed by atoms with Crippen molar-refractivity contribution in [3.63, 3.8) is 0 Å². The van der Waals surface area contributed by atoms with Crippen LogP contribution in [0.5, 0.6) is 0 Å². The van der Waals surface area contributed by atoms with Crippen molar-refractivity contribution in [2.75, 3.05) is 5.73 Å². The third-order valence-electron chi connectivity index (χ3n) is 4.94. The maximum Gasteiger partial charge on any atom is 0.272 e. The molecular formula is C20H17ClFN5O2. The summed E-state index contributed by atoms with van der Waals surface area (Å²) in [7, 11) is 0. The predicted molar refractivity (Wildman–Crippen MR) is 115 cm³/mol. The van der Waals surface area contributed by atoms with E-state index >= 15 is 0 Å². The van der Waals surface area contributed by atoms with Crippen molar-refractivity contribution in [1.82, 2.24) is 20.2 Å². The summed E-state index contributed by atoms with van der Waals surface area (Å²) in [6.07, 6.45) is 3.25. The number of aromatic amines is 2. The smallest absolute Gasteiger partial charge is 0.272 e. The Kier molecular flexibility index (Phi) is 5.00. The number of nitrogen functional groups attached to an aromatic ring is 1. The summed E-state index contributed by atoms with van der Waals surface area (Å²) in [4.78, 5) is 19.9. The van der Waals surface area contributed by atoms with Gasteiger partial charge in [-0.05, 0) is 42.3 Å². The first-order valence-corrected chi connectivity index (χ1v) is 8.38. The van der Waals surface area contributed by atoms with Gasteiger partial charge in [0.2, 0.25) is 0 Å². The highest BCUT2D eigenvalue weighted by Crippen LogP contribution is 2.38. The molecule has 2 aromatic carbocycles. The summed E-state index contributed by atoms with van der Waals surface area (Å²) in [5.74, 6) is -0.412. The van der Waals surface area contributed by atoms with Crippen molar-refractivity contribution in [1.29, 1.82) is 0 Å². The third kappa shape index (κ3) is 2.81. The minimum absolute atomic E-state index is 0. The fourth-order valence-electron chi connectivity index (χ4n) is 3.70. The fourth-order valence-corrected chi connectivity index (χ4v) is 3.70. The topological polar surface area (TPSA) is 132 Å². The zero-order valence-electron chi connectivity index (χ0n) is 15.2. The highest BCUT2D eigenvalue weighted by molar-refractivity contribution is 6.14. The van der Waals surface area contributed by atoms with Crippen molar-refractivity contribution < 1.29 is 9.87 Å². The Hall–Kier alpha value is -3.49. The number of rotatable bonds is 1. The maximum atomic E-state index is 14.1. The molecule has 0 saturated heterocycles. The van der Waals surface area contributed by atoms with E-state index in [9.17, 15) is 9.18 Å². The highest BCUT2D eigenvalue weighted by atomic mass is 35.5. The van der Waals surface area contributed by atoms with Crippen LogP contribution >= 0.6 is 12.4 Å². The minimum atomic E-state index is -0.412. The van der Waals surface area contributed by atoms with E-state index in [1.54, 1.807) is 12.3 Å². The molecule has 0 amide bonds. The number of halogens is 2. The van der Waals surface area contributed by atoms with E-state index in [-0.39, 0.29) is 29.1 Å². The number of H-pyrrole nitrogens is 2. The third-order valence-corrected chi connectivity index (χ3v) is 4.94. The van der Waals surface area contributed by atoms with Gasteiger partial charge in [0, 0.05) is 27.9 Å². The van der Waals surface area contributed by atoms with E-state index in [2.05, 4.69) is 20.2 Å². The first-order chi connectivity index (χ1) is 13.1. The molecule has 5 aromatic rings. The molecule has 5 rings (SSSR count). The summed E-state index contributed by atoms with van der Waals surface area (Å²) in [5.41, 5.74) is 9.78. The molecule has 0 bridgehead atoms. The Labute approximate surface area is 169 Å². The van der Waals surface area contributed by atoms with Crippen LogP contribution in [0.25, 0.3) is 43.8 Å². The lowest BCUT2D eigenvalue weighted by Crippen LogP contribution is -2.14. The summed E-state index contributed by atoms with van der Waals surface area (Å²) in [5, 5.41) is 8.78. The van der Waals surface area contributed by atoms with E-state index < -0.39 is 11.4 Å². The number of hydrogen-bond donors (Lipinski definition) is 3. The number of benzene rings is 2. The molecule has 6 N–H and O–H groups in total. The average Bonchev–Trinajstić information content (AvgIpc) is 3.16. The molecule has 0 fully saturated rings. The molecule has 9 heteroatoms. The molecular weight excluding hydrogens is 397 g/mol. The molecule has 0 unspecified atom stereocenters. The molecule has 29 heavy (non-hydrogen) atoms. The monoisotopic (exact) mass is 413 g/mol. The molecule has 0 aliphatic rings. The number of pyridine rings is 2. The predicted octanol–water partition coefficient (Wildman–Crippen LogP) is 3.25. The zero-order valence-corrected chi connectivity index (χ0v) is 16.0. The van der Waals surface area contributed by atoms with Gasteiger partial charge in [0.05, 0.1) is 17.2 Å². The summed E-state index contributed by atoms with van der Waals surface area (Å²) in [6.45, 7) is 1.96. The van der Waals surface area contributed by atoms with E-state index in [1.165, 1.54) is 12.3 Å². The standard InChI is InChI=1S/C20H14FN5O.ClH.H2O/c1-9-7-12-15(10-4-5-14(21)19-13(10)8-24-26-19)16(22)20(27)25-18(12)11-3-2-6-23-17(9)11;;/h2-8H,22H2,1H3,(H,24,26)(H,25,27);1H;1H2. The van der Waals surface area contributed by atoms with Crippen LogP contribution in [0.3, 0.4) is 0 Å². The lowest BCUT2D eigenvalue weighted by atomic mass is 9.94. The van der Waals surface area contributed by atoms with Gasteiger partial charge in [0.1, 0.15) is 17.0 Å². The normalized spacial score (nSPS) is 10.8. The molecule has 0 radical (unpaired) electrons. The van der Waals surface area contributed by atoms with Crippen LogP contribution in [0.1, 0.15) is 5.56 Å². The number of anilines is 1. The number of aryl methyl sites for hydroxylation is 1. The maximum absolute atomic E-state index is 14.1. The van der Waals surface area contributed by atoms with Crippen molar-refractivity contribution in [3.8, 4) is 11.1 Å². The van der Waals surface area contributed by atoms with E-state index in [1.807, 2.05) is 25.1 Å². The first-order valence-electron chi connectivity index (χ1n) is 8.38. The van der Waals surface area contributed by atoms with Crippen molar-refractivity contribution in [2.24, 2.45) is 0 Å². The first kappa shape index (κ1) is 20.2. The van der Waals surface area contributed by atoms with Gasteiger partial charge >= 0.3 is 0 Å². The lowest BCUT2D eigenvalue weighted by molar-refractivity contribution is 0.636. The molecule has 3 aromatic heterocycles. The highest BCUT2D eigenvalue weighted by Gasteiger charge is 2.19. The Morgan fingerprint density at radius 1 is 1.10 bits per heavy atom. The van der Waals surface area contributed by atoms with Crippen molar-refractivity contribution in [2.45, 2.75) is 6.92 Å². The van der Waals surface area contributed by atoms with E-state index in [4.69, 9.17) is 5.73 Å². The Balaban J connectivity index is 0.00000120. The van der Waals surface area contributed by atoms with Crippen LogP contribution in [-0.4, -0.2) is 25.6 Å². The van der Waals surface area contributed by atoms with E-state index in [0.717, 1.165) is 21.9 Å². The molecule has 7 nitrogen and oxygen atoms in total. The number of fused-ring (bicyclic) bond motifs is 4. The zero-order chi connectivity index (χ0) is 18.7. The number of hydrogen-bond acceptors (Lipinski definition) is 4. The second-order valence-corrected chi connectivity index (χ2v) is 6.51. The Bertz CT molecular complexity index is 1440. The van der Waals surface area contributed by atoms with Gasteiger partial charge in [0.15, 0.2) is 0 Å². The lowest BCUT2D eigenvalue weighted by Gasteiger charge is -2.14. The number of nitrogens with two attached hydrogens (primary N) is 1. The molecule has 0 saturated carbocycles. The molecule has 3 heterocycles. The Morgan fingerprint density at radius 3 is 2.69 bits per heavy atom. The quantitative estimate of drug-likeness (QED) is 0.364. The van der Waals surface area contributed by atoms with Crippen LogP contribution in [-0.2, 0) is 0 Å². The van der Waals surface area contributed by atoms with Gasteiger partial charge in [-0.1, -0.05) is 6.07 Å². The summed E-state index contributed by atoms with van der Waals surface area (Å²) < 4.78 is 14.1. The average molecular weight is 414 g/mol. The second-order valence-electron chi connectivity index (χ2n) is 6.51. The number of nitrogens with zero attached hydrogens (tertiary/aromatic N) is 2. The molecule has 0 aliphatic heterocycles. The van der Waals surface area contributed by atoms with Crippen LogP contribution in [0.4, 0.5) is 10.1 Å². The van der Waals surface area contributed by atoms with Gasteiger partial charge in [-0.25, -0.2) is 4.39 Å². The molecule has 0 aliphatic carbocycles. The van der Waals surface area contributed by atoms with Gasteiger partial charge in [-0.2, -0.15) is 5.10 Å². The largest absolute Gasteiger partial charge is 0.412 e. The van der Waals surface area contributed by atoms with Crippen LogP contribution in [0.2, 0.25) is 0 Å². The van der Waals surface area contributed by atoms with Crippen LogP contribution < -0.4 is 11.3 Å². The molecule has 0 spiro atoms. The SMILES string of the molecule is Cc1cc2c(-c3ccc(F)c4[nH]ncc34)c(N)c(=O)[nH]c2c2cccnc12.Cl.O.